The average molecular weight is 554 g/mol. The van der Waals surface area contributed by atoms with E-state index in [4.69, 9.17) is 9.47 Å². The second-order valence-electron chi connectivity index (χ2n) is 8.73. The minimum absolute atomic E-state index is 0.152. The Bertz CT molecular complexity index is 991. The molecule has 34 heavy (non-hydrogen) atoms. The first-order valence-electron chi connectivity index (χ1n) is 10.7. The minimum Gasteiger partial charge on any atom is -0.471 e. The highest BCUT2D eigenvalue weighted by atomic mass is 79.9. The molecule has 10 nitrogen and oxygen atoms in total. The van der Waals surface area contributed by atoms with Crippen molar-refractivity contribution in [1.82, 2.24) is 24.9 Å². The standard InChI is InChI=1S/C22H28BrN5O5S/c1-22(2,3)33-21(31)28-11-15(9-16(29)12-28)25-20(30)27-34-19-18(24-10-17(23)26-19)32-13-14-7-5-4-6-8-14/h4-8,10,15-16,29H,9,11-13H2,1-3H3,(H2,25,27,30)/t15-,16+/m1/s1. The topological polar surface area (TPSA) is 126 Å². The van der Waals surface area contributed by atoms with Crippen molar-refractivity contribution in [3.8, 4) is 5.88 Å². The number of rotatable bonds is 6. The van der Waals surface area contributed by atoms with Crippen LogP contribution in [0.25, 0.3) is 0 Å². The predicted octanol–water partition coefficient (Wildman–Crippen LogP) is 3.49. The Hall–Kier alpha value is -2.57. The fourth-order valence-corrected chi connectivity index (χ4v) is 4.18. The molecular formula is C22H28BrN5O5S. The number of carbonyl (C=O) groups is 2. The maximum Gasteiger partial charge on any atom is 0.410 e. The summed E-state index contributed by atoms with van der Waals surface area (Å²) in [6, 6.07) is 8.68. The molecular weight excluding hydrogens is 526 g/mol. The number of benzene rings is 1. The van der Waals surface area contributed by atoms with E-state index >= 15 is 0 Å². The molecule has 0 radical (unpaired) electrons. The van der Waals surface area contributed by atoms with Crippen molar-refractivity contribution >= 4 is 40.0 Å². The van der Waals surface area contributed by atoms with Crippen LogP contribution in [0.1, 0.15) is 32.8 Å². The van der Waals surface area contributed by atoms with Gasteiger partial charge in [0, 0.05) is 18.5 Å². The molecule has 0 bridgehead atoms. The summed E-state index contributed by atoms with van der Waals surface area (Å²) in [7, 11) is 0. The van der Waals surface area contributed by atoms with Crippen molar-refractivity contribution < 1.29 is 24.2 Å². The van der Waals surface area contributed by atoms with Gasteiger partial charge in [-0.3, -0.25) is 4.72 Å². The second kappa shape index (κ2) is 11.7. The van der Waals surface area contributed by atoms with Gasteiger partial charge in [0.15, 0.2) is 5.03 Å². The van der Waals surface area contributed by atoms with Gasteiger partial charge in [0.1, 0.15) is 16.8 Å². The smallest absolute Gasteiger partial charge is 0.410 e. The Morgan fingerprint density at radius 2 is 2.00 bits per heavy atom. The zero-order valence-electron chi connectivity index (χ0n) is 19.2. The largest absolute Gasteiger partial charge is 0.471 e. The predicted molar refractivity (Wildman–Crippen MR) is 130 cm³/mol. The van der Waals surface area contributed by atoms with Crippen molar-refractivity contribution in [1.29, 1.82) is 0 Å². The van der Waals surface area contributed by atoms with E-state index in [0.717, 1.165) is 17.5 Å². The molecule has 2 aromatic rings. The van der Waals surface area contributed by atoms with Crippen LogP contribution in [0.2, 0.25) is 0 Å². The summed E-state index contributed by atoms with van der Waals surface area (Å²) < 4.78 is 14.3. The van der Waals surface area contributed by atoms with E-state index in [2.05, 4.69) is 35.9 Å². The van der Waals surface area contributed by atoms with Gasteiger partial charge in [0.05, 0.1) is 24.9 Å². The summed E-state index contributed by atoms with van der Waals surface area (Å²) in [5.74, 6) is 0.279. The van der Waals surface area contributed by atoms with Crippen molar-refractivity contribution in [3.05, 3.63) is 46.7 Å². The van der Waals surface area contributed by atoms with Crippen molar-refractivity contribution in [3.63, 3.8) is 0 Å². The number of nitrogens with one attached hydrogen (secondary N) is 2. The minimum atomic E-state index is -0.770. The van der Waals surface area contributed by atoms with E-state index in [-0.39, 0.29) is 19.0 Å². The molecule has 0 aliphatic carbocycles. The molecule has 1 aliphatic heterocycles. The first-order chi connectivity index (χ1) is 16.1. The molecule has 0 spiro atoms. The number of piperidine rings is 1. The van der Waals surface area contributed by atoms with Crippen LogP contribution in [0.4, 0.5) is 9.59 Å². The molecule has 2 atom stereocenters. The molecule has 1 saturated heterocycles. The fourth-order valence-electron chi connectivity index (χ4n) is 3.19. The van der Waals surface area contributed by atoms with Crippen LogP contribution < -0.4 is 14.8 Å². The van der Waals surface area contributed by atoms with Gasteiger partial charge in [-0.2, -0.15) is 0 Å². The van der Waals surface area contributed by atoms with Crippen molar-refractivity contribution in [2.75, 3.05) is 13.1 Å². The van der Waals surface area contributed by atoms with Crippen LogP contribution in [0.15, 0.2) is 46.2 Å². The van der Waals surface area contributed by atoms with E-state index in [0.29, 0.717) is 22.7 Å². The van der Waals surface area contributed by atoms with Gasteiger partial charge < -0.3 is 24.8 Å². The lowest BCUT2D eigenvalue weighted by Crippen LogP contribution is -2.56. The van der Waals surface area contributed by atoms with Crippen LogP contribution in [0, 0.1) is 0 Å². The number of hydrogen-bond acceptors (Lipinski definition) is 8. The Balaban J connectivity index is 1.55. The third-order valence-electron chi connectivity index (χ3n) is 4.55. The number of carbonyl (C=O) groups excluding carboxylic acids is 2. The van der Waals surface area contributed by atoms with Gasteiger partial charge in [-0.25, -0.2) is 19.6 Å². The fraction of sp³-hybridized carbons (Fsp3) is 0.455. The second-order valence-corrected chi connectivity index (χ2v) is 10.3. The Labute approximate surface area is 211 Å². The highest BCUT2D eigenvalue weighted by molar-refractivity contribution is 9.10. The van der Waals surface area contributed by atoms with E-state index in [1.807, 2.05) is 30.3 Å². The SMILES string of the molecule is CC(C)(C)OC(=O)N1C[C@@H](O)C[C@@H](NC(=O)NSc2nc(Br)cnc2OCc2ccccc2)C1. The van der Waals surface area contributed by atoms with E-state index < -0.39 is 29.9 Å². The molecule has 3 amide bonds. The number of likely N-dealkylation sites (tertiary alicyclic amines) is 1. The molecule has 12 heteroatoms. The summed E-state index contributed by atoms with van der Waals surface area (Å²) >= 11 is 4.23. The Morgan fingerprint density at radius 3 is 2.71 bits per heavy atom. The number of ether oxygens (including phenoxy) is 2. The van der Waals surface area contributed by atoms with Crippen LogP contribution in [0.3, 0.4) is 0 Å². The summed E-state index contributed by atoms with van der Waals surface area (Å²) in [5.41, 5.74) is 0.320. The van der Waals surface area contributed by atoms with E-state index in [1.54, 1.807) is 20.8 Å². The zero-order chi connectivity index (χ0) is 24.7. The lowest BCUT2D eigenvalue weighted by atomic mass is 10.0. The average Bonchev–Trinajstić information content (AvgIpc) is 2.76. The molecule has 2 heterocycles. The van der Waals surface area contributed by atoms with Crippen LogP contribution >= 0.6 is 27.9 Å². The number of aromatic nitrogens is 2. The monoisotopic (exact) mass is 553 g/mol. The number of hydrogen-bond donors (Lipinski definition) is 3. The number of amides is 3. The van der Waals surface area contributed by atoms with Gasteiger partial charge in [-0.1, -0.05) is 30.3 Å². The van der Waals surface area contributed by atoms with Gasteiger partial charge in [-0.05, 0) is 48.7 Å². The first-order valence-corrected chi connectivity index (χ1v) is 12.3. The molecule has 3 N–H and O–H groups in total. The van der Waals surface area contributed by atoms with Crippen LogP contribution in [-0.4, -0.2) is 62.9 Å². The number of nitrogens with zero attached hydrogens (tertiary/aromatic N) is 3. The first kappa shape index (κ1) is 26.0. The normalized spacial score (nSPS) is 18.2. The third-order valence-corrected chi connectivity index (χ3v) is 5.68. The summed E-state index contributed by atoms with van der Waals surface area (Å²) in [5, 5.41) is 13.3. The van der Waals surface area contributed by atoms with Crippen LogP contribution in [0.5, 0.6) is 5.88 Å². The van der Waals surface area contributed by atoms with Crippen molar-refractivity contribution in [2.45, 2.75) is 56.6 Å². The summed E-state index contributed by atoms with van der Waals surface area (Å²) in [6.07, 6.45) is 0.532. The molecule has 1 aromatic heterocycles. The highest BCUT2D eigenvalue weighted by Gasteiger charge is 2.32. The van der Waals surface area contributed by atoms with Gasteiger partial charge in [-0.15, -0.1) is 0 Å². The van der Waals surface area contributed by atoms with Crippen molar-refractivity contribution in [2.24, 2.45) is 0 Å². The summed E-state index contributed by atoms with van der Waals surface area (Å²) in [4.78, 5) is 34.8. The number of aliphatic hydroxyl groups excluding tert-OH is 1. The molecule has 3 rings (SSSR count). The highest BCUT2D eigenvalue weighted by Crippen LogP contribution is 2.25. The lowest BCUT2D eigenvalue weighted by Gasteiger charge is -2.36. The molecule has 184 valence electrons. The summed E-state index contributed by atoms with van der Waals surface area (Å²) in [6.45, 7) is 6.00. The number of halogens is 1. The Kier molecular flexibility index (Phi) is 8.97. The van der Waals surface area contributed by atoms with E-state index in [1.165, 1.54) is 11.1 Å². The molecule has 1 aromatic carbocycles. The molecule has 1 fully saturated rings. The zero-order valence-corrected chi connectivity index (χ0v) is 21.6. The number of aliphatic hydroxyl groups is 1. The number of urea groups is 1. The third kappa shape index (κ3) is 8.33. The van der Waals surface area contributed by atoms with Gasteiger partial charge in [0.25, 0.3) is 0 Å². The van der Waals surface area contributed by atoms with Gasteiger partial charge in [0.2, 0.25) is 5.88 Å². The maximum atomic E-state index is 12.5. The van der Waals surface area contributed by atoms with Gasteiger partial charge >= 0.3 is 12.1 Å². The molecule has 1 aliphatic rings. The molecule has 0 unspecified atom stereocenters. The van der Waals surface area contributed by atoms with E-state index in [9.17, 15) is 14.7 Å². The lowest BCUT2D eigenvalue weighted by molar-refractivity contribution is -0.00144. The quantitative estimate of drug-likeness (QED) is 0.464. The number of β-amino-alcohol motifs (C(OH)–C–C–N with tert-alkyl or cyclic N) is 1. The Morgan fingerprint density at radius 1 is 1.26 bits per heavy atom. The van der Waals surface area contributed by atoms with Crippen LogP contribution in [-0.2, 0) is 11.3 Å². The molecule has 0 saturated carbocycles. The maximum absolute atomic E-state index is 12.5.